The summed E-state index contributed by atoms with van der Waals surface area (Å²) in [6.07, 6.45) is 2.52. The van der Waals surface area contributed by atoms with E-state index in [0.717, 1.165) is 0 Å². The molecule has 0 aromatic carbocycles. The lowest BCUT2D eigenvalue weighted by Crippen LogP contribution is -2.45. The van der Waals surface area contributed by atoms with Crippen molar-refractivity contribution in [2.45, 2.75) is 38.8 Å². The van der Waals surface area contributed by atoms with Gasteiger partial charge in [0, 0.05) is 12.1 Å². The van der Waals surface area contributed by atoms with Gasteiger partial charge in [0.25, 0.3) is 0 Å². The second-order valence-corrected chi connectivity index (χ2v) is 5.31. The summed E-state index contributed by atoms with van der Waals surface area (Å²) in [5.41, 5.74) is 0. The zero-order valence-electron chi connectivity index (χ0n) is 8.62. The van der Waals surface area contributed by atoms with Gasteiger partial charge in [-0.2, -0.15) is 11.8 Å². The van der Waals surface area contributed by atoms with Gasteiger partial charge < -0.3 is 10.4 Å². The van der Waals surface area contributed by atoms with Gasteiger partial charge in [-0.3, -0.25) is 0 Å². The molecule has 1 aliphatic rings. The van der Waals surface area contributed by atoms with Crippen LogP contribution >= 0.6 is 11.8 Å². The Labute approximate surface area is 85.5 Å². The van der Waals surface area contributed by atoms with Crippen molar-refractivity contribution in [1.29, 1.82) is 0 Å². The molecular formula is C10H21NOS. The van der Waals surface area contributed by atoms with Crippen LogP contribution in [0.5, 0.6) is 0 Å². The molecule has 1 atom stereocenters. The molecule has 1 fully saturated rings. The van der Waals surface area contributed by atoms with E-state index in [4.69, 9.17) is 5.11 Å². The molecular weight excluding hydrogens is 182 g/mol. The summed E-state index contributed by atoms with van der Waals surface area (Å²) in [5, 5.41) is 12.7. The molecule has 0 aromatic heterocycles. The number of nitrogens with one attached hydrogen (secondary N) is 1. The summed E-state index contributed by atoms with van der Waals surface area (Å²) in [6.45, 7) is 4.58. The maximum Gasteiger partial charge on any atom is 0.0587 e. The minimum absolute atomic E-state index is 0.265. The maximum atomic E-state index is 9.16. The van der Waals surface area contributed by atoms with Crippen molar-refractivity contribution in [1.82, 2.24) is 5.32 Å². The van der Waals surface area contributed by atoms with Gasteiger partial charge in [-0.05, 0) is 30.3 Å². The van der Waals surface area contributed by atoms with Crippen LogP contribution in [0, 0.1) is 5.92 Å². The van der Waals surface area contributed by atoms with Crippen molar-refractivity contribution in [3.8, 4) is 0 Å². The van der Waals surface area contributed by atoms with Crippen LogP contribution in [0.3, 0.4) is 0 Å². The van der Waals surface area contributed by atoms with E-state index in [-0.39, 0.29) is 12.6 Å². The van der Waals surface area contributed by atoms with Gasteiger partial charge in [0.05, 0.1) is 6.61 Å². The summed E-state index contributed by atoms with van der Waals surface area (Å²) in [5.74, 6) is 3.07. The van der Waals surface area contributed by atoms with E-state index in [2.05, 4.69) is 19.2 Å². The topological polar surface area (TPSA) is 32.3 Å². The molecule has 1 heterocycles. The third kappa shape index (κ3) is 3.88. The van der Waals surface area contributed by atoms with Crippen LogP contribution in [0.2, 0.25) is 0 Å². The second-order valence-electron chi connectivity index (χ2n) is 4.09. The van der Waals surface area contributed by atoms with E-state index in [1.807, 2.05) is 11.8 Å². The van der Waals surface area contributed by atoms with Gasteiger partial charge in [0.1, 0.15) is 0 Å². The molecule has 0 radical (unpaired) electrons. The van der Waals surface area contributed by atoms with Crippen molar-refractivity contribution >= 4 is 11.8 Å². The lowest BCUT2D eigenvalue weighted by molar-refractivity contribution is 0.196. The van der Waals surface area contributed by atoms with Crippen molar-refractivity contribution in [2.75, 3.05) is 18.1 Å². The highest BCUT2D eigenvalue weighted by molar-refractivity contribution is 7.99. The zero-order valence-corrected chi connectivity index (χ0v) is 9.44. The first-order valence-corrected chi connectivity index (χ1v) is 6.34. The Kier molecular flexibility index (Phi) is 5.14. The minimum atomic E-state index is 0.265. The first kappa shape index (κ1) is 11.3. The Balaban J connectivity index is 2.27. The van der Waals surface area contributed by atoms with E-state index >= 15 is 0 Å². The number of aliphatic hydroxyl groups is 1. The van der Waals surface area contributed by atoms with Crippen molar-refractivity contribution in [3.05, 3.63) is 0 Å². The summed E-state index contributed by atoms with van der Waals surface area (Å²) in [6, 6.07) is 0.925. The molecule has 0 aromatic rings. The second kappa shape index (κ2) is 5.89. The predicted octanol–water partition coefficient (Wildman–Crippen LogP) is 1.49. The average Bonchev–Trinajstić information content (AvgIpc) is 2.15. The highest BCUT2D eigenvalue weighted by Gasteiger charge is 2.19. The molecule has 0 spiro atoms. The normalized spacial score (nSPS) is 22.2. The number of thioether (sulfide) groups is 1. The van der Waals surface area contributed by atoms with Crippen molar-refractivity contribution in [2.24, 2.45) is 5.92 Å². The molecule has 0 aliphatic carbocycles. The average molecular weight is 203 g/mol. The molecule has 2 nitrogen and oxygen atoms in total. The molecule has 0 saturated carbocycles. The SMILES string of the molecule is CC(C)C(CO)NC1CCSCC1. The number of hydrogen-bond acceptors (Lipinski definition) is 3. The molecule has 78 valence electrons. The first-order valence-electron chi connectivity index (χ1n) is 5.18. The molecule has 13 heavy (non-hydrogen) atoms. The van der Waals surface area contributed by atoms with Crippen LogP contribution < -0.4 is 5.32 Å². The molecule has 2 N–H and O–H groups in total. The molecule has 1 rings (SSSR count). The van der Waals surface area contributed by atoms with Gasteiger partial charge >= 0.3 is 0 Å². The molecule has 1 aliphatic heterocycles. The summed E-state index contributed by atoms with van der Waals surface area (Å²) in [4.78, 5) is 0. The smallest absolute Gasteiger partial charge is 0.0587 e. The standard InChI is InChI=1S/C10H21NOS/c1-8(2)10(7-12)11-9-3-5-13-6-4-9/h8-12H,3-7H2,1-2H3. The highest BCUT2D eigenvalue weighted by atomic mass is 32.2. The van der Waals surface area contributed by atoms with Gasteiger partial charge in [-0.25, -0.2) is 0 Å². The monoisotopic (exact) mass is 203 g/mol. The maximum absolute atomic E-state index is 9.16. The Morgan fingerprint density at radius 1 is 1.38 bits per heavy atom. The summed E-state index contributed by atoms with van der Waals surface area (Å²) < 4.78 is 0. The Hall–Kier alpha value is 0.270. The molecule has 0 bridgehead atoms. The lowest BCUT2D eigenvalue weighted by Gasteiger charge is -2.29. The lowest BCUT2D eigenvalue weighted by atomic mass is 10.0. The molecule has 0 amide bonds. The fourth-order valence-corrected chi connectivity index (χ4v) is 2.73. The Morgan fingerprint density at radius 3 is 2.46 bits per heavy atom. The fraction of sp³-hybridized carbons (Fsp3) is 1.00. The molecule has 1 unspecified atom stereocenters. The summed E-state index contributed by atoms with van der Waals surface area (Å²) >= 11 is 2.04. The molecule has 1 saturated heterocycles. The summed E-state index contributed by atoms with van der Waals surface area (Å²) in [7, 11) is 0. The largest absolute Gasteiger partial charge is 0.395 e. The fourth-order valence-electron chi connectivity index (χ4n) is 1.62. The third-order valence-corrected chi connectivity index (χ3v) is 3.72. The molecule has 3 heteroatoms. The van der Waals surface area contributed by atoms with E-state index < -0.39 is 0 Å². The van der Waals surface area contributed by atoms with Crippen molar-refractivity contribution in [3.63, 3.8) is 0 Å². The van der Waals surface area contributed by atoms with Crippen LogP contribution in [-0.4, -0.2) is 35.3 Å². The third-order valence-electron chi connectivity index (χ3n) is 2.67. The predicted molar refractivity (Wildman–Crippen MR) is 59.2 cm³/mol. The Morgan fingerprint density at radius 2 is 2.00 bits per heavy atom. The Bertz CT molecular complexity index is 135. The quantitative estimate of drug-likeness (QED) is 0.726. The van der Waals surface area contributed by atoms with Crippen LogP contribution in [0.1, 0.15) is 26.7 Å². The first-order chi connectivity index (χ1) is 6.24. The number of aliphatic hydroxyl groups excluding tert-OH is 1. The van der Waals surface area contributed by atoms with E-state index in [0.29, 0.717) is 12.0 Å². The van der Waals surface area contributed by atoms with Crippen LogP contribution in [0.15, 0.2) is 0 Å². The van der Waals surface area contributed by atoms with Crippen molar-refractivity contribution < 1.29 is 5.11 Å². The van der Waals surface area contributed by atoms with E-state index in [9.17, 15) is 0 Å². The van der Waals surface area contributed by atoms with Crippen LogP contribution in [0.25, 0.3) is 0 Å². The van der Waals surface area contributed by atoms with Gasteiger partial charge in [-0.1, -0.05) is 13.8 Å². The van der Waals surface area contributed by atoms with Gasteiger partial charge in [0.2, 0.25) is 0 Å². The van der Waals surface area contributed by atoms with Gasteiger partial charge in [0.15, 0.2) is 0 Å². The minimum Gasteiger partial charge on any atom is -0.395 e. The zero-order chi connectivity index (χ0) is 9.68. The highest BCUT2D eigenvalue weighted by Crippen LogP contribution is 2.18. The van der Waals surface area contributed by atoms with Crippen LogP contribution in [-0.2, 0) is 0 Å². The van der Waals surface area contributed by atoms with E-state index in [1.54, 1.807) is 0 Å². The van der Waals surface area contributed by atoms with E-state index in [1.165, 1.54) is 24.3 Å². The number of hydrogen-bond donors (Lipinski definition) is 2. The van der Waals surface area contributed by atoms with Crippen LogP contribution in [0.4, 0.5) is 0 Å². The number of rotatable bonds is 4. The van der Waals surface area contributed by atoms with Gasteiger partial charge in [-0.15, -0.1) is 0 Å².